The molecule has 0 aliphatic carbocycles. The first-order chi connectivity index (χ1) is 13.8. The number of amides is 1. The number of benzene rings is 2. The van der Waals surface area contributed by atoms with Crippen LogP contribution < -0.4 is 10.1 Å². The van der Waals surface area contributed by atoms with Crippen LogP contribution in [-0.4, -0.2) is 38.3 Å². The Kier molecular flexibility index (Phi) is 6.59. The maximum absolute atomic E-state index is 12.8. The Morgan fingerprint density at radius 1 is 1.03 bits per heavy atom. The van der Waals surface area contributed by atoms with E-state index in [1.54, 1.807) is 29.4 Å². The van der Waals surface area contributed by atoms with Crippen LogP contribution in [-0.2, 0) is 14.8 Å². The van der Waals surface area contributed by atoms with E-state index in [9.17, 15) is 13.2 Å². The van der Waals surface area contributed by atoms with E-state index >= 15 is 0 Å². The molecular formula is C22H28N2O4S. The molecule has 1 saturated heterocycles. The number of hydrogen-bond donors (Lipinski definition) is 1. The van der Waals surface area contributed by atoms with E-state index in [-0.39, 0.29) is 17.4 Å². The molecule has 6 nitrogen and oxygen atoms in total. The van der Waals surface area contributed by atoms with Gasteiger partial charge in [0.1, 0.15) is 5.75 Å². The van der Waals surface area contributed by atoms with Gasteiger partial charge in [0.05, 0.1) is 4.90 Å². The van der Waals surface area contributed by atoms with E-state index < -0.39 is 10.0 Å². The molecule has 2 aromatic carbocycles. The van der Waals surface area contributed by atoms with Gasteiger partial charge in [-0.25, -0.2) is 8.42 Å². The monoisotopic (exact) mass is 416 g/mol. The molecule has 0 atom stereocenters. The molecule has 0 radical (unpaired) electrons. The van der Waals surface area contributed by atoms with Gasteiger partial charge in [0, 0.05) is 18.8 Å². The van der Waals surface area contributed by atoms with Gasteiger partial charge in [0.15, 0.2) is 6.61 Å². The van der Waals surface area contributed by atoms with Crippen LogP contribution in [0.1, 0.15) is 36.0 Å². The lowest BCUT2D eigenvalue weighted by Gasteiger charge is -2.26. The average molecular weight is 417 g/mol. The fourth-order valence-corrected chi connectivity index (χ4v) is 5.02. The highest BCUT2D eigenvalue weighted by Gasteiger charge is 2.26. The highest BCUT2D eigenvalue weighted by atomic mass is 32.2. The second kappa shape index (κ2) is 8.97. The second-order valence-electron chi connectivity index (χ2n) is 7.48. The number of rotatable bonds is 6. The van der Waals surface area contributed by atoms with Crippen molar-refractivity contribution < 1.29 is 17.9 Å². The molecule has 7 heteroatoms. The first-order valence-corrected chi connectivity index (χ1v) is 11.3. The van der Waals surface area contributed by atoms with Gasteiger partial charge in [-0.05, 0) is 74.6 Å². The van der Waals surface area contributed by atoms with E-state index in [0.717, 1.165) is 36.1 Å². The molecule has 29 heavy (non-hydrogen) atoms. The summed E-state index contributed by atoms with van der Waals surface area (Å²) in [6.07, 6.45) is 2.87. The van der Waals surface area contributed by atoms with Crippen LogP contribution in [0.4, 0.5) is 5.69 Å². The molecule has 0 unspecified atom stereocenters. The molecule has 0 spiro atoms. The number of nitrogens with one attached hydrogen (secondary N) is 1. The molecule has 1 amide bonds. The van der Waals surface area contributed by atoms with Gasteiger partial charge in [-0.1, -0.05) is 18.6 Å². The Morgan fingerprint density at radius 3 is 2.45 bits per heavy atom. The van der Waals surface area contributed by atoms with Crippen molar-refractivity contribution in [3.8, 4) is 5.75 Å². The molecule has 2 aromatic rings. The Morgan fingerprint density at radius 2 is 1.76 bits per heavy atom. The molecule has 1 heterocycles. The molecule has 1 N–H and O–H groups in total. The summed E-state index contributed by atoms with van der Waals surface area (Å²) in [6.45, 7) is 6.72. The highest BCUT2D eigenvalue weighted by Crippen LogP contribution is 2.26. The highest BCUT2D eigenvalue weighted by molar-refractivity contribution is 7.89. The van der Waals surface area contributed by atoms with Crippen molar-refractivity contribution >= 4 is 21.6 Å². The van der Waals surface area contributed by atoms with Gasteiger partial charge in [-0.2, -0.15) is 4.31 Å². The molecular weight excluding hydrogens is 388 g/mol. The van der Waals surface area contributed by atoms with E-state index in [0.29, 0.717) is 24.4 Å². The zero-order valence-corrected chi connectivity index (χ0v) is 18.0. The van der Waals surface area contributed by atoms with Crippen molar-refractivity contribution in [3.05, 3.63) is 53.1 Å². The molecule has 3 rings (SSSR count). The summed E-state index contributed by atoms with van der Waals surface area (Å²) in [6, 6.07) is 10.5. The largest absolute Gasteiger partial charge is 0.483 e. The predicted octanol–water partition coefficient (Wildman–Crippen LogP) is 3.80. The molecule has 1 fully saturated rings. The summed E-state index contributed by atoms with van der Waals surface area (Å²) in [5, 5.41) is 2.85. The zero-order valence-electron chi connectivity index (χ0n) is 17.2. The Bertz CT molecular complexity index is 996. The topological polar surface area (TPSA) is 75.7 Å². The van der Waals surface area contributed by atoms with Gasteiger partial charge < -0.3 is 10.1 Å². The van der Waals surface area contributed by atoms with Crippen LogP contribution in [0.15, 0.2) is 41.3 Å². The smallest absolute Gasteiger partial charge is 0.262 e. The minimum Gasteiger partial charge on any atom is -0.483 e. The number of aryl methyl sites for hydroxylation is 2. The third-order valence-electron chi connectivity index (χ3n) is 5.34. The van der Waals surface area contributed by atoms with E-state index in [4.69, 9.17) is 4.74 Å². The number of nitrogens with zero attached hydrogens (tertiary/aromatic N) is 1. The minimum absolute atomic E-state index is 0.146. The standard InChI is InChI=1S/C22H28N2O4S/c1-16-8-7-9-20(18(16)3)23-22(25)15-28-21-11-10-19(14-17(21)2)29(26,27)24-12-5-4-6-13-24/h7-11,14H,4-6,12-13,15H2,1-3H3,(H,23,25). The number of anilines is 1. The van der Waals surface area contributed by atoms with Crippen molar-refractivity contribution in [2.75, 3.05) is 25.0 Å². The summed E-state index contributed by atoms with van der Waals surface area (Å²) in [5.74, 6) is 0.238. The van der Waals surface area contributed by atoms with Crippen LogP contribution in [0.25, 0.3) is 0 Å². The van der Waals surface area contributed by atoms with Crippen LogP contribution in [0.5, 0.6) is 5.75 Å². The molecule has 1 aliphatic heterocycles. The Labute approximate surface area is 172 Å². The SMILES string of the molecule is Cc1cc(S(=O)(=O)N2CCCCC2)ccc1OCC(=O)Nc1cccc(C)c1C. The van der Waals surface area contributed by atoms with E-state index in [1.165, 1.54) is 0 Å². The van der Waals surface area contributed by atoms with Gasteiger partial charge in [0.2, 0.25) is 10.0 Å². The maximum atomic E-state index is 12.8. The lowest BCUT2D eigenvalue weighted by molar-refractivity contribution is -0.118. The summed E-state index contributed by atoms with van der Waals surface area (Å²) >= 11 is 0. The van der Waals surface area contributed by atoms with Crippen molar-refractivity contribution in [2.45, 2.75) is 44.9 Å². The summed E-state index contributed by atoms with van der Waals surface area (Å²) in [5.41, 5.74) is 3.57. The number of piperidine rings is 1. The van der Waals surface area contributed by atoms with Crippen LogP contribution >= 0.6 is 0 Å². The maximum Gasteiger partial charge on any atom is 0.262 e. The van der Waals surface area contributed by atoms with Crippen LogP contribution in [0.3, 0.4) is 0 Å². The first kappa shape index (κ1) is 21.3. The van der Waals surface area contributed by atoms with E-state index in [1.807, 2.05) is 32.0 Å². The third-order valence-corrected chi connectivity index (χ3v) is 7.23. The van der Waals surface area contributed by atoms with Crippen LogP contribution in [0.2, 0.25) is 0 Å². The normalized spacial score (nSPS) is 15.1. The van der Waals surface area contributed by atoms with Crippen molar-refractivity contribution in [3.63, 3.8) is 0 Å². The average Bonchev–Trinajstić information content (AvgIpc) is 2.71. The summed E-state index contributed by atoms with van der Waals surface area (Å²) in [7, 11) is -3.48. The van der Waals surface area contributed by atoms with Crippen molar-refractivity contribution in [1.82, 2.24) is 4.31 Å². The molecule has 1 aliphatic rings. The number of hydrogen-bond acceptors (Lipinski definition) is 4. The van der Waals surface area contributed by atoms with Gasteiger partial charge >= 0.3 is 0 Å². The van der Waals surface area contributed by atoms with Gasteiger partial charge in [-0.15, -0.1) is 0 Å². The lowest BCUT2D eigenvalue weighted by atomic mass is 10.1. The number of sulfonamides is 1. The van der Waals surface area contributed by atoms with Crippen molar-refractivity contribution in [2.24, 2.45) is 0 Å². The van der Waals surface area contributed by atoms with E-state index in [2.05, 4.69) is 5.32 Å². The first-order valence-electron chi connectivity index (χ1n) is 9.89. The van der Waals surface area contributed by atoms with Gasteiger partial charge in [0.25, 0.3) is 5.91 Å². The number of carbonyl (C=O) groups excluding carboxylic acids is 1. The molecule has 0 saturated carbocycles. The summed E-state index contributed by atoms with van der Waals surface area (Å²) in [4.78, 5) is 12.5. The van der Waals surface area contributed by atoms with Crippen molar-refractivity contribution in [1.29, 1.82) is 0 Å². The van der Waals surface area contributed by atoms with Crippen LogP contribution in [0, 0.1) is 20.8 Å². The predicted molar refractivity (Wildman–Crippen MR) is 114 cm³/mol. The molecule has 0 bridgehead atoms. The third kappa shape index (κ3) is 4.97. The number of carbonyl (C=O) groups is 1. The number of ether oxygens (including phenoxy) is 1. The fourth-order valence-electron chi connectivity index (χ4n) is 3.41. The quantitative estimate of drug-likeness (QED) is 0.777. The minimum atomic E-state index is -3.48. The fraction of sp³-hybridized carbons (Fsp3) is 0.409. The Balaban J connectivity index is 1.65. The van der Waals surface area contributed by atoms with Gasteiger partial charge in [-0.3, -0.25) is 4.79 Å². The lowest BCUT2D eigenvalue weighted by Crippen LogP contribution is -2.35. The zero-order chi connectivity index (χ0) is 21.0. The Hall–Kier alpha value is -2.38. The second-order valence-corrected chi connectivity index (χ2v) is 9.41. The molecule has 156 valence electrons. The summed E-state index contributed by atoms with van der Waals surface area (Å²) < 4.78 is 32.8. The molecule has 0 aromatic heterocycles.